The van der Waals surface area contributed by atoms with Crippen LogP contribution in [0, 0.1) is 13.8 Å². The first-order chi connectivity index (χ1) is 10.9. The summed E-state index contributed by atoms with van der Waals surface area (Å²) in [6, 6.07) is 5.07. The fraction of sp³-hybridized carbons (Fsp3) is 0.333. The summed E-state index contributed by atoms with van der Waals surface area (Å²) in [5.74, 6) is -0.554. The van der Waals surface area contributed by atoms with Crippen LogP contribution in [-0.4, -0.2) is 27.0 Å². The number of aromatic amines is 2. The zero-order chi connectivity index (χ0) is 17.0. The van der Waals surface area contributed by atoms with Crippen LogP contribution in [0.1, 0.15) is 36.3 Å². The Morgan fingerprint density at radius 3 is 2.65 bits per heavy atom. The molecule has 2 aromatic rings. The molecule has 0 aliphatic heterocycles. The van der Waals surface area contributed by atoms with Crippen molar-refractivity contribution in [2.24, 2.45) is 0 Å². The zero-order valence-corrected chi connectivity index (χ0v) is 13.2. The third-order valence-corrected chi connectivity index (χ3v) is 3.51. The summed E-state index contributed by atoms with van der Waals surface area (Å²) in [7, 11) is 0. The van der Waals surface area contributed by atoms with E-state index in [0.29, 0.717) is 11.5 Å². The number of anilines is 1. The molecule has 8 heteroatoms. The van der Waals surface area contributed by atoms with Gasteiger partial charge >= 0.3 is 5.69 Å². The second kappa shape index (κ2) is 6.91. The number of hydrogen-bond donors (Lipinski definition) is 4. The van der Waals surface area contributed by atoms with Gasteiger partial charge in [-0.2, -0.15) is 5.10 Å². The topological polar surface area (TPSA) is 120 Å². The summed E-state index contributed by atoms with van der Waals surface area (Å²) in [6.07, 6.45) is -0.313. The summed E-state index contributed by atoms with van der Waals surface area (Å²) >= 11 is 0. The molecule has 1 aromatic heterocycles. The van der Waals surface area contributed by atoms with Gasteiger partial charge in [-0.3, -0.25) is 14.6 Å². The van der Waals surface area contributed by atoms with E-state index in [1.54, 1.807) is 13.0 Å². The molecule has 122 valence electrons. The van der Waals surface area contributed by atoms with Crippen LogP contribution in [0.25, 0.3) is 0 Å². The number of H-pyrrole nitrogens is 2. The lowest BCUT2D eigenvalue weighted by atomic mass is 10.1. The van der Waals surface area contributed by atoms with E-state index in [-0.39, 0.29) is 6.42 Å². The van der Waals surface area contributed by atoms with Crippen molar-refractivity contribution in [3.05, 3.63) is 45.6 Å². The van der Waals surface area contributed by atoms with Crippen molar-refractivity contribution in [2.45, 2.75) is 33.2 Å². The molecule has 0 fully saturated rings. The van der Waals surface area contributed by atoms with E-state index in [2.05, 4.69) is 25.8 Å². The first kappa shape index (κ1) is 16.5. The van der Waals surface area contributed by atoms with Gasteiger partial charge in [-0.15, -0.1) is 0 Å². The van der Waals surface area contributed by atoms with Gasteiger partial charge in [0.25, 0.3) is 0 Å². The largest absolute Gasteiger partial charge is 0.346 e. The summed E-state index contributed by atoms with van der Waals surface area (Å²) < 4.78 is 0. The van der Waals surface area contributed by atoms with E-state index in [1.165, 1.54) is 0 Å². The number of nitrogens with zero attached hydrogens (tertiary/aromatic N) is 1. The summed E-state index contributed by atoms with van der Waals surface area (Å²) in [5, 5.41) is 11.3. The number of rotatable bonds is 5. The zero-order valence-electron chi connectivity index (χ0n) is 13.2. The Balaban J connectivity index is 1.91. The Morgan fingerprint density at radius 1 is 1.26 bits per heavy atom. The lowest BCUT2D eigenvalue weighted by Gasteiger charge is -2.12. The van der Waals surface area contributed by atoms with Gasteiger partial charge in [-0.1, -0.05) is 12.1 Å². The van der Waals surface area contributed by atoms with E-state index in [1.807, 2.05) is 26.0 Å². The summed E-state index contributed by atoms with van der Waals surface area (Å²) in [4.78, 5) is 37.3. The van der Waals surface area contributed by atoms with Crippen molar-refractivity contribution >= 4 is 17.5 Å². The Morgan fingerprint density at radius 2 is 2.00 bits per heavy atom. The first-order valence-electron chi connectivity index (χ1n) is 7.17. The molecule has 0 saturated heterocycles. The third kappa shape index (κ3) is 4.29. The minimum Gasteiger partial charge on any atom is -0.346 e. The van der Waals surface area contributed by atoms with Crippen LogP contribution < -0.4 is 16.3 Å². The molecule has 2 rings (SSSR count). The molecule has 1 aromatic carbocycles. The molecule has 23 heavy (non-hydrogen) atoms. The van der Waals surface area contributed by atoms with Crippen LogP contribution in [0.4, 0.5) is 5.69 Å². The van der Waals surface area contributed by atoms with E-state index < -0.39 is 23.5 Å². The quantitative estimate of drug-likeness (QED) is 0.613. The maximum absolute atomic E-state index is 12.0. The predicted octanol–water partition coefficient (Wildman–Crippen LogP) is 0.921. The predicted molar refractivity (Wildman–Crippen MR) is 84.9 cm³/mol. The van der Waals surface area contributed by atoms with Crippen LogP contribution in [0.5, 0.6) is 0 Å². The average Bonchev–Trinajstić information content (AvgIpc) is 2.90. The van der Waals surface area contributed by atoms with Gasteiger partial charge in [0.2, 0.25) is 11.8 Å². The van der Waals surface area contributed by atoms with E-state index in [4.69, 9.17) is 0 Å². The lowest BCUT2D eigenvalue weighted by Crippen LogP contribution is -2.31. The van der Waals surface area contributed by atoms with Crippen LogP contribution >= 0.6 is 0 Å². The molecule has 4 N–H and O–H groups in total. The van der Waals surface area contributed by atoms with Crippen molar-refractivity contribution in [1.29, 1.82) is 0 Å². The number of aromatic nitrogens is 3. The SMILES string of the molecule is Cc1cccc(NC(=O)CC(=O)N[C@@H](C)c2n[nH]c(=O)[nH]2)c1C. The highest BCUT2D eigenvalue weighted by atomic mass is 16.2. The van der Waals surface area contributed by atoms with Gasteiger partial charge in [0.1, 0.15) is 6.42 Å². The Labute approximate surface area is 132 Å². The lowest BCUT2D eigenvalue weighted by molar-refractivity contribution is -0.127. The van der Waals surface area contributed by atoms with Gasteiger partial charge < -0.3 is 10.6 Å². The number of nitrogens with one attached hydrogen (secondary N) is 4. The summed E-state index contributed by atoms with van der Waals surface area (Å²) in [6.45, 7) is 5.51. The highest BCUT2D eigenvalue weighted by Gasteiger charge is 2.16. The van der Waals surface area contributed by atoms with Gasteiger partial charge in [0, 0.05) is 5.69 Å². The maximum Gasteiger partial charge on any atom is 0.340 e. The number of aryl methyl sites for hydroxylation is 1. The molecule has 0 unspecified atom stereocenters. The fourth-order valence-electron chi connectivity index (χ4n) is 2.08. The molecule has 2 amide bonds. The van der Waals surface area contributed by atoms with Crippen molar-refractivity contribution in [2.75, 3.05) is 5.32 Å². The van der Waals surface area contributed by atoms with Crippen molar-refractivity contribution < 1.29 is 9.59 Å². The van der Waals surface area contributed by atoms with E-state index in [9.17, 15) is 14.4 Å². The molecule has 0 saturated carbocycles. The molecule has 0 aliphatic carbocycles. The first-order valence-corrected chi connectivity index (χ1v) is 7.17. The minimum atomic E-state index is -0.505. The molecule has 0 radical (unpaired) electrons. The minimum absolute atomic E-state index is 0.304. The Bertz CT molecular complexity index is 777. The maximum atomic E-state index is 12.0. The second-order valence-corrected chi connectivity index (χ2v) is 5.32. The van der Waals surface area contributed by atoms with Gasteiger partial charge in [-0.25, -0.2) is 9.89 Å². The van der Waals surface area contributed by atoms with Gasteiger partial charge in [-0.05, 0) is 38.0 Å². The molecular formula is C15H19N5O3. The fourth-order valence-corrected chi connectivity index (χ4v) is 2.08. The molecule has 8 nitrogen and oxygen atoms in total. The third-order valence-electron chi connectivity index (χ3n) is 3.51. The number of carbonyl (C=O) groups excluding carboxylic acids is 2. The average molecular weight is 317 g/mol. The van der Waals surface area contributed by atoms with Crippen LogP contribution in [-0.2, 0) is 9.59 Å². The molecule has 1 atom stereocenters. The standard InChI is InChI=1S/C15H19N5O3/c1-8-5-4-6-11(9(8)2)17-13(22)7-12(21)16-10(3)14-18-15(23)20-19-14/h4-6,10H,7H2,1-3H3,(H,16,21)(H,17,22)(H2,18,19,20,23)/t10-/m0/s1. The highest BCUT2D eigenvalue weighted by molar-refractivity contribution is 6.03. The van der Waals surface area contributed by atoms with Crippen LogP contribution in [0.15, 0.2) is 23.0 Å². The second-order valence-electron chi connectivity index (χ2n) is 5.32. The Hall–Kier alpha value is -2.90. The van der Waals surface area contributed by atoms with Gasteiger partial charge in [0.05, 0.1) is 6.04 Å². The molecular weight excluding hydrogens is 298 g/mol. The molecule has 0 spiro atoms. The number of amides is 2. The normalized spacial score (nSPS) is 11.8. The van der Waals surface area contributed by atoms with Crippen molar-refractivity contribution in [3.63, 3.8) is 0 Å². The smallest absolute Gasteiger partial charge is 0.340 e. The van der Waals surface area contributed by atoms with Gasteiger partial charge in [0.15, 0.2) is 5.82 Å². The molecule has 1 heterocycles. The van der Waals surface area contributed by atoms with E-state index >= 15 is 0 Å². The number of benzene rings is 1. The van der Waals surface area contributed by atoms with E-state index in [0.717, 1.165) is 11.1 Å². The molecule has 0 bridgehead atoms. The molecule has 0 aliphatic rings. The summed E-state index contributed by atoms with van der Waals surface area (Å²) in [5.41, 5.74) is 2.26. The number of hydrogen-bond acceptors (Lipinski definition) is 4. The van der Waals surface area contributed by atoms with Crippen LogP contribution in [0.2, 0.25) is 0 Å². The Kier molecular flexibility index (Phi) is 4.95. The monoisotopic (exact) mass is 317 g/mol. The van der Waals surface area contributed by atoms with Crippen molar-refractivity contribution in [3.8, 4) is 0 Å². The van der Waals surface area contributed by atoms with Crippen LogP contribution in [0.3, 0.4) is 0 Å². The highest BCUT2D eigenvalue weighted by Crippen LogP contribution is 2.18. The number of carbonyl (C=O) groups is 2. The van der Waals surface area contributed by atoms with Crippen molar-refractivity contribution in [1.82, 2.24) is 20.5 Å².